The van der Waals surface area contributed by atoms with Crippen molar-refractivity contribution in [2.75, 3.05) is 24.5 Å². The minimum atomic E-state index is -4.80. The summed E-state index contributed by atoms with van der Waals surface area (Å²) in [6, 6.07) is 5.33. The highest BCUT2D eigenvalue weighted by molar-refractivity contribution is 7.15. The van der Waals surface area contributed by atoms with Crippen LogP contribution in [0.1, 0.15) is 54.7 Å². The number of unbranched alkanes of at least 4 members (excludes halogenated alkanes) is 1. The molecule has 1 N–H and O–H groups in total. The summed E-state index contributed by atoms with van der Waals surface area (Å²) < 4.78 is 48.1. The Bertz CT molecular complexity index is 1430. The normalized spacial score (nSPS) is 13.7. The number of aryl methyl sites for hydroxylation is 2. The maximum Gasteiger partial charge on any atom is 0.573 e. The predicted molar refractivity (Wildman–Crippen MR) is 152 cm³/mol. The molecule has 0 unspecified atom stereocenters. The van der Waals surface area contributed by atoms with Crippen molar-refractivity contribution in [1.29, 1.82) is 0 Å². The third kappa shape index (κ3) is 9.89. The van der Waals surface area contributed by atoms with Gasteiger partial charge >= 0.3 is 12.5 Å². The summed E-state index contributed by atoms with van der Waals surface area (Å²) in [5, 5.41) is 20.0. The molecule has 17 heteroatoms. The molecule has 1 aliphatic rings. The molecule has 4 rings (SSSR count). The first kappa shape index (κ1) is 32.6. The monoisotopic (exact) mass is 638 g/mol. The van der Waals surface area contributed by atoms with Crippen molar-refractivity contribution in [2.24, 2.45) is 5.92 Å². The van der Waals surface area contributed by atoms with Crippen molar-refractivity contribution in [3.05, 3.63) is 46.7 Å². The number of amides is 3. The third-order valence-corrected chi connectivity index (χ3v) is 7.30. The number of benzene rings is 1. The van der Waals surface area contributed by atoms with Gasteiger partial charge in [0.1, 0.15) is 16.4 Å². The Kier molecular flexibility index (Phi) is 10.4. The summed E-state index contributed by atoms with van der Waals surface area (Å²) in [4.78, 5) is 39.4. The van der Waals surface area contributed by atoms with Crippen molar-refractivity contribution in [2.45, 2.75) is 65.1 Å². The average Bonchev–Trinajstić information content (AvgIpc) is 3.57. The van der Waals surface area contributed by atoms with E-state index in [-0.39, 0.29) is 30.0 Å². The van der Waals surface area contributed by atoms with Crippen molar-refractivity contribution in [3.8, 4) is 5.75 Å². The van der Waals surface area contributed by atoms with Crippen LogP contribution < -0.4 is 15.0 Å². The third-order valence-electron chi connectivity index (χ3n) is 6.28. The van der Waals surface area contributed by atoms with Crippen LogP contribution in [0.2, 0.25) is 0 Å². The number of halogens is 3. The quantitative estimate of drug-likeness (QED) is 0.218. The number of carbonyl (C=O) groups is 3. The number of nitrogens with zero attached hydrogens (tertiary/aromatic N) is 7. The first-order chi connectivity index (χ1) is 20.8. The van der Waals surface area contributed by atoms with Crippen LogP contribution >= 0.6 is 11.3 Å². The van der Waals surface area contributed by atoms with Crippen molar-refractivity contribution < 1.29 is 37.0 Å². The number of alkyl halides is 3. The van der Waals surface area contributed by atoms with Gasteiger partial charge in [-0.15, -0.1) is 28.5 Å². The van der Waals surface area contributed by atoms with Crippen LogP contribution in [0.25, 0.3) is 0 Å². The van der Waals surface area contributed by atoms with Crippen LogP contribution in [0.5, 0.6) is 5.75 Å². The van der Waals surface area contributed by atoms with Gasteiger partial charge in [0.05, 0.1) is 6.20 Å². The first-order valence-corrected chi connectivity index (χ1v) is 14.6. The Morgan fingerprint density at radius 2 is 1.93 bits per heavy atom. The molecule has 0 atom stereocenters. The number of hydrogen-bond donors (Lipinski definition) is 1. The van der Waals surface area contributed by atoms with Gasteiger partial charge in [0, 0.05) is 45.1 Å². The summed E-state index contributed by atoms with van der Waals surface area (Å²) in [7, 11) is 0. The smallest absolute Gasteiger partial charge is 0.444 e. The highest BCUT2D eigenvalue weighted by Gasteiger charge is 2.35. The lowest BCUT2D eigenvalue weighted by Gasteiger charge is -2.40. The number of rotatable bonds is 13. The van der Waals surface area contributed by atoms with Gasteiger partial charge < -0.3 is 19.7 Å². The highest BCUT2D eigenvalue weighted by atomic mass is 32.1. The second-order valence-electron chi connectivity index (χ2n) is 11.2. The molecular weight excluding hydrogens is 605 g/mol. The Morgan fingerprint density at radius 3 is 2.64 bits per heavy atom. The molecule has 13 nitrogen and oxygen atoms in total. The fourth-order valence-corrected chi connectivity index (χ4v) is 5.11. The van der Waals surface area contributed by atoms with E-state index in [1.54, 1.807) is 11.0 Å². The Labute approximate surface area is 255 Å². The van der Waals surface area contributed by atoms with E-state index in [2.05, 4.69) is 30.6 Å². The molecule has 44 heavy (non-hydrogen) atoms. The molecule has 0 saturated carbocycles. The number of aromatic nitrogens is 5. The molecule has 0 spiro atoms. The number of ether oxygens (including phenoxy) is 2. The van der Waals surface area contributed by atoms with Crippen LogP contribution in [0.3, 0.4) is 0 Å². The first-order valence-electron chi connectivity index (χ1n) is 13.8. The summed E-state index contributed by atoms with van der Waals surface area (Å²) in [5.74, 6) is -0.763. The molecule has 238 valence electrons. The van der Waals surface area contributed by atoms with E-state index in [1.165, 1.54) is 45.3 Å². The van der Waals surface area contributed by atoms with Crippen LogP contribution in [0.4, 0.5) is 23.1 Å². The largest absolute Gasteiger partial charge is 0.573 e. The van der Waals surface area contributed by atoms with Crippen LogP contribution in [-0.4, -0.2) is 80.1 Å². The van der Waals surface area contributed by atoms with E-state index < -0.39 is 17.9 Å². The predicted octanol–water partition coefficient (Wildman–Crippen LogP) is 3.81. The van der Waals surface area contributed by atoms with Gasteiger partial charge in [-0.3, -0.25) is 19.2 Å². The summed E-state index contributed by atoms with van der Waals surface area (Å²) in [6.45, 7) is 7.36. The fourth-order valence-electron chi connectivity index (χ4n) is 4.25. The molecule has 0 bridgehead atoms. The SMILES string of the molecule is CC(C)(C)OC(=O)N1CC(CN(C=O)c2nnc(CCCCn3cc(C(=O)NCc4cccc(OC(F)(F)F)c4)nn3)s2)C1. The maximum atomic E-state index is 12.4. The number of hydrogen-bond acceptors (Lipinski definition) is 10. The molecule has 1 fully saturated rings. The zero-order valence-corrected chi connectivity index (χ0v) is 25.2. The Morgan fingerprint density at radius 1 is 1.16 bits per heavy atom. The summed E-state index contributed by atoms with van der Waals surface area (Å²) in [5.41, 5.74) is -0.0542. The lowest BCUT2D eigenvalue weighted by molar-refractivity contribution is -0.274. The average molecular weight is 639 g/mol. The number of likely N-dealkylation sites (tertiary alicyclic amines) is 1. The minimum absolute atomic E-state index is 0.0166. The molecule has 0 aliphatic carbocycles. The lowest BCUT2D eigenvalue weighted by atomic mass is 10.0. The molecule has 1 saturated heterocycles. The van der Waals surface area contributed by atoms with E-state index in [0.717, 1.165) is 17.8 Å². The molecule has 0 radical (unpaired) electrons. The van der Waals surface area contributed by atoms with Crippen molar-refractivity contribution in [3.63, 3.8) is 0 Å². The molecular formula is C27H33F3N8O5S. The Balaban J connectivity index is 1.15. The molecule has 3 aromatic rings. The van der Waals surface area contributed by atoms with Crippen LogP contribution in [0, 0.1) is 5.92 Å². The fraction of sp³-hybridized carbons (Fsp3) is 0.519. The van der Waals surface area contributed by atoms with E-state index in [1.807, 2.05) is 20.8 Å². The van der Waals surface area contributed by atoms with Gasteiger partial charge in [-0.25, -0.2) is 4.79 Å². The number of anilines is 1. The minimum Gasteiger partial charge on any atom is -0.444 e. The zero-order chi connectivity index (χ0) is 31.9. The molecule has 2 aromatic heterocycles. The summed E-state index contributed by atoms with van der Waals surface area (Å²) >= 11 is 1.33. The van der Waals surface area contributed by atoms with Crippen LogP contribution in [-0.2, 0) is 29.0 Å². The van der Waals surface area contributed by atoms with Crippen LogP contribution in [0.15, 0.2) is 30.5 Å². The maximum absolute atomic E-state index is 12.4. The van der Waals surface area contributed by atoms with Gasteiger partial charge in [-0.1, -0.05) is 28.7 Å². The van der Waals surface area contributed by atoms with E-state index >= 15 is 0 Å². The standard InChI is InChI=1S/C27H33F3N8O5S/c1-26(2,3)43-25(41)36-13-19(14-36)15-37(17-39)24-34-33-22(44-24)9-4-5-10-38-16-21(32-35-38)23(40)31-12-18-7-6-8-20(11-18)42-27(28,29)30/h6-8,11,16-17,19H,4-5,9-10,12-15H2,1-3H3,(H,31,40). The topological polar surface area (TPSA) is 145 Å². The molecule has 1 aromatic carbocycles. The van der Waals surface area contributed by atoms with E-state index in [9.17, 15) is 27.6 Å². The number of carbonyl (C=O) groups excluding carboxylic acids is 3. The van der Waals surface area contributed by atoms with Gasteiger partial charge in [-0.05, 0) is 51.3 Å². The van der Waals surface area contributed by atoms with Gasteiger partial charge in [-0.2, -0.15) is 0 Å². The van der Waals surface area contributed by atoms with Gasteiger partial charge in [0.25, 0.3) is 5.91 Å². The van der Waals surface area contributed by atoms with E-state index in [0.29, 0.717) is 49.7 Å². The lowest BCUT2D eigenvalue weighted by Crippen LogP contribution is -2.54. The zero-order valence-electron chi connectivity index (χ0n) is 24.4. The van der Waals surface area contributed by atoms with E-state index in [4.69, 9.17) is 4.74 Å². The highest BCUT2D eigenvalue weighted by Crippen LogP contribution is 2.26. The van der Waals surface area contributed by atoms with Gasteiger partial charge in [0.15, 0.2) is 5.69 Å². The van der Waals surface area contributed by atoms with Crippen molar-refractivity contribution >= 4 is 34.9 Å². The van der Waals surface area contributed by atoms with Crippen molar-refractivity contribution in [1.82, 2.24) is 35.4 Å². The molecule has 3 amide bonds. The molecule has 1 aliphatic heterocycles. The molecule has 3 heterocycles. The summed E-state index contributed by atoms with van der Waals surface area (Å²) in [6.07, 6.45) is -0.848. The number of nitrogens with one attached hydrogen (secondary N) is 1. The van der Waals surface area contributed by atoms with Gasteiger partial charge in [0.2, 0.25) is 11.5 Å². The Hall–Kier alpha value is -4.28. The second-order valence-corrected chi connectivity index (χ2v) is 12.2. The second kappa shape index (κ2) is 14.0.